The van der Waals surface area contributed by atoms with Crippen molar-refractivity contribution in [3.8, 4) is 0 Å². The highest BCUT2D eigenvalue weighted by Gasteiger charge is 2.45. The van der Waals surface area contributed by atoms with E-state index in [2.05, 4.69) is 20.9 Å². The van der Waals surface area contributed by atoms with E-state index in [1.165, 1.54) is 0 Å². The van der Waals surface area contributed by atoms with Crippen LogP contribution in [0, 0.1) is 12.3 Å². The van der Waals surface area contributed by atoms with Crippen LogP contribution in [0.1, 0.15) is 37.8 Å². The van der Waals surface area contributed by atoms with Gasteiger partial charge < -0.3 is 19.6 Å². The number of nitrogens with zero attached hydrogens (tertiary/aromatic N) is 4. The van der Waals surface area contributed by atoms with Gasteiger partial charge in [0, 0.05) is 43.4 Å². The fraction of sp³-hybridized carbons (Fsp3) is 0.778. The topological polar surface area (TPSA) is 61.7 Å². The van der Waals surface area contributed by atoms with E-state index in [-0.39, 0.29) is 11.5 Å². The van der Waals surface area contributed by atoms with Crippen molar-refractivity contribution in [3.63, 3.8) is 0 Å². The van der Waals surface area contributed by atoms with Crippen molar-refractivity contribution < 1.29 is 9.84 Å². The van der Waals surface area contributed by atoms with Crippen LogP contribution < -0.4 is 9.80 Å². The molecular formula is C18H28N4O2. The zero-order valence-electron chi connectivity index (χ0n) is 14.6. The molecule has 1 aromatic heterocycles. The third-order valence-electron chi connectivity index (χ3n) is 5.91. The van der Waals surface area contributed by atoms with Gasteiger partial charge in [-0.1, -0.05) is 6.42 Å². The van der Waals surface area contributed by atoms with Crippen LogP contribution in [0.15, 0.2) is 6.07 Å². The van der Waals surface area contributed by atoms with Gasteiger partial charge in [-0.05, 0) is 32.6 Å². The molecule has 2 atom stereocenters. The molecule has 132 valence electrons. The van der Waals surface area contributed by atoms with Crippen LogP contribution in [0.4, 0.5) is 11.8 Å². The van der Waals surface area contributed by atoms with E-state index in [0.717, 1.165) is 89.0 Å². The number of aliphatic hydroxyl groups excluding tert-OH is 1. The second-order valence-corrected chi connectivity index (χ2v) is 7.56. The van der Waals surface area contributed by atoms with Gasteiger partial charge in [-0.3, -0.25) is 0 Å². The number of aromatic nitrogens is 2. The lowest BCUT2D eigenvalue weighted by Gasteiger charge is -2.43. The molecule has 0 bridgehead atoms. The van der Waals surface area contributed by atoms with Crippen molar-refractivity contribution in [1.29, 1.82) is 0 Å². The fourth-order valence-electron chi connectivity index (χ4n) is 4.56. The molecule has 0 radical (unpaired) electrons. The highest BCUT2D eigenvalue weighted by molar-refractivity contribution is 5.47. The molecule has 1 aromatic rings. The van der Waals surface area contributed by atoms with E-state index < -0.39 is 0 Å². The summed E-state index contributed by atoms with van der Waals surface area (Å²) in [5.41, 5.74) is 1.09. The van der Waals surface area contributed by atoms with Crippen LogP contribution in [0.5, 0.6) is 0 Å². The molecule has 3 heterocycles. The molecule has 2 aliphatic heterocycles. The smallest absolute Gasteiger partial charge is 0.227 e. The molecule has 4 rings (SSSR count). The molecule has 3 fully saturated rings. The van der Waals surface area contributed by atoms with E-state index in [4.69, 9.17) is 9.72 Å². The molecule has 1 N–H and O–H groups in total. The Morgan fingerprint density at radius 1 is 1.12 bits per heavy atom. The quantitative estimate of drug-likeness (QED) is 0.890. The highest BCUT2D eigenvalue weighted by atomic mass is 16.5. The average molecular weight is 332 g/mol. The molecule has 1 saturated carbocycles. The molecule has 6 nitrogen and oxygen atoms in total. The van der Waals surface area contributed by atoms with Crippen LogP contribution in [0.25, 0.3) is 0 Å². The fourth-order valence-corrected chi connectivity index (χ4v) is 4.56. The monoisotopic (exact) mass is 332 g/mol. The maximum atomic E-state index is 10.5. The second-order valence-electron chi connectivity index (χ2n) is 7.56. The van der Waals surface area contributed by atoms with Gasteiger partial charge in [0.15, 0.2) is 0 Å². The van der Waals surface area contributed by atoms with Crippen molar-refractivity contribution >= 4 is 11.8 Å². The largest absolute Gasteiger partial charge is 0.392 e. The van der Waals surface area contributed by atoms with Crippen LogP contribution >= 0.6 is 0 Å². The number of hydrogen-bond donors (Lipinski definition) is 1. The molecule has 3 aliphatic rings. The molecule has 0 aromatic carbocycles. The van der Waals surface area contributed by atoms with Crippen molar-refractivity contribution in [3.05, 3.63) is 11.8 Å². The normalized spacial score (nSPS) is 31.0. The summed E-state index contributed by atoms with van der Waals surface area (Å²) in [6, 6.07) is 2.09. The number of morpholine rings is 1. The van der Waals surface area contributed by atoms with Crippen LogP contribution in [-0.2, 0) is 4.74 Å². The molecular weight excluding hydrogens is 304 g/mol. The molecule has 1 aliphatic carbocycles. The predicted molar refractivity (Wildman–Crippen MR) is 93.5 cm³/mol. The standard InChI is InChI=1S/C18H28N4O2/c1-14-12-16(20-17(19-14)21-8-10-24-11-9-21)22-7-3-6-18(13-22)5-2-4-15(18)23/h12,15,23H,2-11,13H2,1H3/t15-,18+/m1/s1. The van der Waals surface area contributed by atoms with E-state index in [1.807, 2.05) is 6.92 Å². The zero-order valence-corrected chi connectivity index (χ0v) is 14.6. The summed E-state index contributed by atoms with van der Waals surface area (Å²) in [6.45, 7) is 7.17. The lowest BCUT2D eigenvalue weighted by atomic mass is 9.77. The van der Waals surface area contributed by atoms with E-state index in [0.29, 0.717) is 0 Å². The Balaban J connectivity index is 1.58. The Labute approximate surface area is 143 Å². The first-order valence-electron chi connectivity index (χ1n) is 9.28. The SMILES string of the molecule is Cc1cc(N2CCC[C@@]3(CCC[C@H]3O)C2)nc(N2CCOCC2)n1. The molecule has 2 saturated heterocycles. The lowest BCUT2D eigenvalue weighted by molar-refractivity contribution is 0.0408. The molecule has 1 spiro atoms. The minimum absolute atomic E-state index is 0.0796. The predicted octanol–water partition coefficient (Wildman–Crippen LogP) is 1.75. The first-order chi connectivity index (χ1) is 11.7. The summed E-state index contributed by atoms with van der Waals surface area (Å²) in [5, 5.41) is 10.5. The Hall–Kier alpha value is -1.40. The number of hydrogen-bond acceptors (Lipinski definition) is 6. The van der Waals surface area contributed by atoms with Crippen LogP contribution in [-0.4, -0.2) is 60.6 Å². The number of anilines is 2. The van der Waals surface area contributed by atoms with Gasteiger partial charge in [0.2, 0.25) is 5.95 Å². The molecule has 6 heteroatoms. The Kier molecular flexibility index (Phi) is 4.35. The maximum Gasteiger partial charge on any atom is 0.227 e. The first-order valence-corrected chi connectivity index (χ1v) is 9.28. The maximum absolute atomic E-state index is 10.5. The number of piperidine rings is 1. The van der Waals surface area contributed by atoms with Crippen molar-refractivity contribution in [2.75, 3.05) is 49.2 Å². The summed E-state index contributed by atoms with van der Waals surface area (Å²) in [4.78, 5) is 14.1. The number of rotatable bonds is 2. The van der Waals surface area contributed by atoms with Gasteiger partial charge >= 0.3 is 0 Å². The zero-order chi connectivity index (χ0) is 16.6. The highest BCUT2D eigenvalue weighted by Crippen LogP contribution is 2.45. The number of aliphatic hydroxyl groups is 1. The van der Waals surface area contributed by atoms with Crippen LogP contribution in [0.3, 0.4) is 0 Å². The third kappa shape index (κ3) is 2.97. The van der Waals surface area contributed by atoms with Gasteiger partial charge in [-0.15, -0.1) is 0 Å². The van der Waals surface area contributed by atoms with Gasteiger partial charge in [0.25, 0.3) is 0 Å². The van der Waals surface area contributed by atoms with Gasteiger partial charge in [0.1, 0.15) is 5.82 Å². The lowest BCUT2D eigenvalue weighted by Crippen LogP contribution is -2.47. The van der Waals surface area contributed by atoms with Crippen LogP contribution in [0.2, 0.25) is 0 Å². The van der Waals surface area contributed by atoms with Gasteiger partial charge in [-0.25, -0.2) is 4.98 Å². The Morgan fingerprint density at radius 2 is 1.92 bits per heavy atom. The van der Waals surface area contributed by atoms with Gasteiger partial charge in [-0.2, -0.15) is 4.98 Å². The first kappa shape index (κ1) is 16.1. The average Bonchev–Trinajstić information content (AvgIpc) is 2.95. The van der Waals surface area contributed by atoms with Crippen molar-refractivity contribution in [2.45, 2.75) is 45.1 Å². The minimum Gasteiger partial charge on any atom is -0.392 e. The summed E-state index contributed by atoms with van der Waals surface area (Å²) in [6.07, 6.45) is 5.37. The summed E-state index contributed by atoms with van der Waals surface area (Å²) in [5.74, 6) is 1.84. The summed E-state index contributed by atoms with van der Waals surface area (Å²) >= 11 is 0. The number of aryl methyl sites for hydroxylation is 1. The number of ether oxygens (including phenoxy) is 1. The summed E-state index contributed by atoms with van der Waals surface area (Å²) in [7, 11) is 0. The Bertz CT molecular complexity index is 590. The molecule has 0 amide bonds. The summed E-state index contributed by atoms with van der Waals surface area (Å²) < 4.78 is 5.44. The molecule has 24 heavy (non-hydrogen) atoms. The minimum atomic E-state index is -0.151. The van der Waals surface area contributed by atoms with Crippen molar-refractivity contribution in [1.82, 2.24) is 9.97 Å². The van der Waals surface area contributed by atoms with Gasteiger partial charge in [0.05, 0.1) is 19.3 Å². The third-order valence-corrected chi connectivity index (χ3v) is 5.91. The van der Waals surface area contributed by atoms with E-state index >= 15 is 0 Å². The second kappa shape index (κ2) is 6.48. The van der Waals surface area contributed by atoms with E-state index in [1.54, 1.807) is 0 Å². The van der Waals surface area contributed by atoms with E-state index in [9.17, 15) is 5.11 Å². The van der Waals surface area contributed by atoms with Crippen molar-refractivity contribution in [2.24, 2.45) is 5.41 Å². The Morgan fingerprint density at radius 3 is 2.67 bits per heavy atom. The molecule has 0 unspecified atom stereocenters.